The van der Waals surface area contributed by atoms with Crippen molar-refractivity contribution in [2.45, 2.75) is 0 Å². The van der Waals surface area contributed by atoms with Crippen molar-refractivity contribution in [3.05, 3.63) is 60.2 Å². The van der Waals surface area contributed by atoms with Gasteiger partial charge in [0.1, 0.15) is 6.61 Å². The Morgan fingerprint density at radius 3 is 2.33 bits per heavy atom. The molecule has 2 aliphatic rings. The molecule has 0 bridgehead atoms. The third kappa shape index (κ3) is 4.24. The molecule has 0 aromatic carbocycles. The second-order valence-corrected chi connectivity index (χ2v) is 3.92. The predicted octanol–water partition coefficient (Wildman–Crippen LogP) is 1.21. The van der Waals surface area contributed by atoms with Crippen LogP contribution in [0.3, 0.4) is 0 Å². The second-order valence-electron chi connectivity index (χ2n) is 3.92. The maximum Gasteiger partial charge on any atom is 0.258 e. The molecule has 0 saturated carbocycles. The third-order valence-electron chi connectivity index (χ3n) is 2.50. The molecule has 2 rings (SSSR count). The number of nitrogens with zero attached hydrogens (tertiary/aromatic N) is 2. The summed E-state index contributed by atoms with van der Waals surface area (Å²) in [4.78, 5) is 31.3. The molecule has 0 aliphatic carbocycles. The Hall–Kier alpha value is -3.02. The molecule has 0 atom stereocenters. The van der Waals surface area contributed by atoms with Gasteiger partial charge in [-0.05, 0) is 30.4 Å². The highest BCUT2D eigenvalue weighted by Crippen LogP contribution is 2.17. The van der Waals surface area contributed by atoms with E-state index in [9.17, 15) is 9.59 Å². The van der Waals surface area contributed by atoms with Gasteiger partial charge >= 0.3 is 0 Å². The van der Waals surface area contributed by atoms with Crippen LogP contribution >= 0.6 is 0 Å². The molecular weight excluding hydrogens is 270 g/mol. The zero-order valence-electron chi connectivity index (χ0n) is 11.1. The normalized spacial score (nSPS) is 29.9. The summed E-state index contributed by atoms with van der Waals surface area (Å²) in [5.41, 5.74) is 0.592. The molecule has 0 aromatic rings. The standard InChI is InChI=1S/C15H13N3O3/c19-14-12-4-1-6-16-8-3-10-21-11-9-17-7-2-5-13(12)15(20)18-14/h1-10H,11H2,(H,18,19,20)/b6-1-,7-2-,10-3-,12-4+,13-5+,16-8+,17-9?. The topological polar surface area (TPSA) is 80.1 Å². The molecule has 0 unspecified atom stereocenters. The summed E-state index contributed by atoms with van der Waals surface area (Å²) in [6.07, 6.45) is 15.5. The van der Waals surface area contributed by atoms with E-state index in [-0.39, 0.29) is 0 Å². The first-order chi connectivity index (χ1) is 10.3. The highest BCUT2D eigenvalue weighted by molar-refractivity contribution is 6.24. The fourth-order valence-electron chi connectivity index (χ4n) is 1.58. The number of aliphatic imine (C=N–C) groups is 2. The Kier molecular flexibility index (Phi) is 5.17. The summed E-state index contributed by atoms with van der Waals surface area (Å²) >= 11 is 0. The number of allylic oxidation sites excluding steroid dienone is 5. The molecule has 0 aromatic heterocycles. The first-order valence-electron chi connectivity index (χ1n) is 6.20. The van der Waals surface area contributed by atoms with Crippen LogP contribution < -0.4 is 5.32 Å². The Balaban J connectivity index is 2.30. The van der Waals surface area contributed by atoms with E-state index in [1.807, 2.05) is 0 Å². The quantitative estimate of drug-likeness (QED) is 0.678. The molecule has 2 aliphatic heterocycles. The van der Waals surface area contributed by atoms with Crippen molar-refractivity contribution in [2.75, 3.05) is 6.61 Å². The number of ether oxygens (including phenoxy) is 1. The van der Waals surface area contributed by atoms with E-state index >= 15 is 0 Å². The average Bonchev–Trinajstić information content (AvgIpc) is 2.72. The summed E-state index contributed by atoms with van der Waals surface area (Å²) in [6.45, 7) is 0.325. The SMILES string of the molecule is O=C1NC(=O)/C2=C/C=C\N=C\C=C/OCC=N\C=C/C=C/12. The monoisotopic (exact) mass is 283 g/mol. The molecular formula is C15H13N3O3. The van der Waals surface area contributed by atoms with Gasteiger partial charge < -0.3 is 4.74 Å². The number of imide groups is 1. The number of amides is 2. The smallest absolute Gasteiger partial charge is 0.258 e. The van der Waals surface area contributed by atoms with Crippen LogP contribution in [0.25, 0.3) is 0 Å². The van der Waals surface area contributed by atoms with E-state index in [1.165, 1.54) is 37.0 Å². The number of hydrogen-bond acceptors (Lipinski definition) is 5. The number of carbonyl (C=O) groups excluding carboxylic acids is 2. The van der Waals surface area contributed by atoms with Gasteiger partial charge in [0.05, 0.1) is 17.4 Å². The lowest BCUT2D eigenvalue weighted by molar-refractivity contribution is -0.123. The summed E-state index contributed by atoms with van der Waals surface area (Å²) in [5.74, 6) is -0.852. The van der Waals surface area contributed by atoms with Crippen molar-refractivity contribution < 1.29 is 14.3 Å². The highest BCUT2D eigenvalue weighted by atomic mass is 16.5. The van der Waals surface area contributed by atoms with Gasteiger partial charge in [-0.2, -0.15) is 0 Å². The Bertz CT molecular complexity index is 635. The Labute approximate surface area is 121 Å². The van der Waals surface area contributed by atoms with Crippen LogP contribution in [-0.4, -0.2) is 30.9 Å². The molecule has 0 spiro atoms. The molecule has 1 saturated heterocycles. The zero-order valence-corrected chi connectivity index (χ0v) is 11.1. The van der Waals surface area contributed by atoms with Crippen LogP contribution in [0.15, 0.2) is 70.2 Å². The fraction of sp³-hybridized carbons (Fsp3) is 0.0667. The highest BCUT2D eigenvalue weighted by Gasteiger charge is 2.29. The van der Waals surface area contributed by atoms with Crippen molar-refractivity contribution >= 4 is 24.2 Å². The summed E-state index contributed by atoms with van der Waals surface area (Å²) in [7, 11) is 0. The second kappa shape index (κ2) is 7.54. The molecule has 0 radical (unpaired) electrons. The number of fused-ring (bicyclic) bond motifs is 1. The van der Waals surface area contributed by atoms with Crippen LogP contribution in [-0.2, 0) is 14.3 Å². The van der Waals surface area contributed by atoms with Gasteiger partial charge in [-0.25, -0.2) is 0 Å². The maximum atomic E-state index is 11.7. The Morgan fingerprint density at radius 1 is 0.952 bits per heavy atom. The molecule has 106 valence electrons. The van der Waals surface area contributed by atoms with E-state index in [4.69, 9.17) is 4.74 Å². The summed E-state index contributed by atoms with van der Waals surface area (Å²) in [5, 5.41) is 2.24. The largest absolute Gasteiger partial charge is 0.495 e. The van der Waals surface area contributed by atoms with Gasteiger partial charge in [0.15, 0.2) is 0 Å². The van der Waals surface area contributed by atoms with Gasteiger partial charge in [-0.1, -0.05) is 0 Å². The molecule has 2 heterocycles. The van der Waals surface area contributed by atoms with Gasteiger partial charge in [0.25, 0.3) is 11.8 Å². The lowest BCUT2D eigenvalue weighted by atomic mass is 10.1. The number of carbonyl (C=O) groups is 2. The lowest BCUT2D eigenvalue weighted by Gasteiger charge is -1.92. The van der Waals surface area contributed by atoms with Crippen molar-refractivity contribution in [1.82, 2.24) is 5.32 Å². The minimum absolute atomic E-state index is 0.295. The number of nitrogens with one attached hydrogen (secondary N) is 1. The lowest BCUT2D eigenvalue weighted by Crippen LogP contribution is -2.19. The van der Waals surface area contributed by atoms with Crippen molar-refractivity contribution in [2.24, 2.45) is 9.98 Å². The van der Waals surface area contributed by atoms with Crippen LogP contribution in [0.5, 0.6) is 0 Å². The molecule has 6 nitrogen and oxygen atoms in total. The van der Waals surface area contributed by atoms with E-state index in [0.717, 1.165) is 0 Å². The van der Waals surface area contributed by atoms with Crippen LogP contribution in [0, 0.1) is 0 Å². The van der Waals surface area contributed by atoms with Gasteiger partial charge in [0.2, 0.25) is 0 Å². The van der Waals surface area contributed by atoms with E-state index in [0.29, 0.717) is 17.8 Å². The maximum absolute atomic E-state index is 11.7. The van der Waals surface area contributed by atoms with Crippen molar-refractivity contribution in [1.29, 1.82) is 0 Å². The zero-order chi connectivity index (χ0) is 14.9. The molecule has 1 fully saturated rings. The number of hydrogen-bond donors (Lipinski definition) is 1. The molecule has 1 N–H and O–H groups in total. The van der Waals surface area contributed by atoms with Crippen molar-refractivity contribution in [3.8, 4) is 0 Å². The van der Waals surface area contributed by atoms with Crippen LogP contribution in [0.2, 0.25) is 0 Å². The first-order valence-corrected chi connectivity index (χ1v) is 6.20. The molecule has 6 heteroatoms. The van der Waals surface area contributed by atoms with E-state index in [2.05, 4.69) is 15.3 Å². The minimum atomic E-state index is -0.427. The van der Waals surface area contributed by atoms with E-state index < -0.39 is 11.8 Å². The Morgan fingerprint density at radius 2 is 1.62 bits per heavy atom. The van der Waals surface area contributed by atoms with Gasteiger partial charge in [-0.3, -0.25) is 24.9 Å². The summed E-state index contributed by atoms with van der Waals surface area (Å²) in [6, 6.07) is 0. The minimum Gasteiger partial charge on any atom is -0.495 e. The van der Waals surface area contributed by atoms with Gasteiger partial charge in [-0.15, -0.1) is 0 Å². The first kappa shape index (κ1) is 14.4. The average molecular weight is 283 g/mol. The molecule has 2 amide bonds. The third-order valence-corrected chi connectivity index (χ3v) is 2.50. The van der Waals surface area contributed by atoms with Gasteiger partial charge in [0, 0.05) is 24.8 Å². The summed E-state index contributed by atoms with van der Waals surface area (Å²) < 4.78 is 5.12. The predicted molar refractivity (Wildman–Crippen MR) is 79.7 cm³/mol. The molecule has 21 heavy (non-hydrogen) atoms. The number of rotatable bonds is 0. The fourth-order valence-corrected chi connectivity index (χ4v) is 1.58. The van der Waals surface area contributed by atoms with Crippen LogP contribution in [0.1, 0.15) is 0 Å². The van der Waals surface area contributed by atoms with Crippen LogP contribution in [0.4, 0.5) is 0 Å². The van der Waals surface area contributed by atoms with Crippen molar-refractivity contribution in [3.63, 3.8) is 0 Å². The van der Waals surface area contributed by atoms with E-state index in [1.54, 1.807) is 24.4 Å².